The molecule has 3 aromatic rings. The molecule has 0 atom stereocenters. The molecule has 0 aliphatic heterocycles. The van der Waals surface area contributed by atoms with E-state index in [0.29, 0.717) is 10.6 Å². The monoisotopic (exact) mass is 360 g/mol. The van der Waals surface area contributed by atoms with Gasteiger partial charge in [0.15, 0.2) is 0 Å². The molecule has 0 saturated carbocycles. The van der Waals surface area contributed by atoms with Crippen molar-refractivity contribution in [1.29, 1.82) is 0 Å². The van der Waals surface area contributed by atoms with Crippen molar-refractivity contribution in [3.63, 3.8) is 0 Å². The van der Waals surface area contributed by atoms with Gasteiger partial charge in [-0.2, -0.15) is 0 Å². The van der Waals surface area contributed by atoms with Crippen LogP contribution in [0.25, 0.3) is 10.1 Å². The number of hydrogen-bond donors (Lipinski definition) is 2. The van der Waals surface area contributed by atoms with Crippen LogP contribution in [0.1, 0.15) is 15.2 Å². The van der Waals surface area contributed by atoms with Gasteiger partial charge in [-0.15, -0.1) is 11.3 Å². The summed E-state index contributed by atoms with van der Waals surface area (Å²) in [7, 11) is 0. The maximum atomic E-state index is 12.5. The summed E-state index contributed by atoms with van der Waals surface area (Å²) in [6, 6.07) is 13.4. The fourth-order valence-corrected chi connectivity index (χ4v) is 3.66. The van der Waals surface area contributed by atoms with Crippen LogP contribution in [0.2, 0.25) is 0 Å². The van der Waals surface area contributed by atoms with Crippen molar-refractivity contribution in [3.05, 3.63) is 57.4 Å². The fraction of sp³-hybridized carbons (Fsp3) is 0.0625. The lowest BCUT2D eigenvalue weighted by molar-refractivity contribution is 0.103. The van der Waals surface area contributed by atoms with Crippen LogP contribution in [0.15, 0.2) is 46.9 Å². The van der Waals surface area contributed by atoms with E-state index in [1.54, 1.807) is 0 Å². The Balaban J connectivity index is 2.01. The molecule has 3 nitrogen and oxygen atoms in total. The predicted octanol–water partition coefficient (Wildman–Crippen LogP) is 4.81. The average Bonchev–Trinajstić information content (AvgIpc) is 2.81. The van der Waals surface area contributed by atoms with Crippen molar-refractivity contribution in [2.24, 2.45) is 0 Å². The first-order valence-electron chi connectivity index (χ1n) is 6.41. The zero-order chi connectivity index (χ0) is 15.0. The van der Waals surface area contributed by atoms with Gasteiger partial charge >= 0.3 is 0 Å². The first-order chi connectivity index (χ1) is 10.1. The highest BCUT2D eigenvalue weighted by Gasteiger charge is 2.17. The second-order valence-corrected chi connectivity index (χ2v) is 6.61. The maximum absolute atomic E-state index is 12.5. The van der Waals surface area contributed by atoms with Crippen LogP contribution in [0, 0.1) is 6.92 Å². The second kappa shape index (κ2) is 5.50. The summed E-state index contributed by atoms with van der Waals surface area (Å²) in [5.74, 6) is -0.181. The Labute approximate surface area is 134 Å². The summed E-state index contributed by atoms with van der Waals surface area (Å²) in [5.41, 5.74) is 8.54. The SMILES string of the molecule is Cc1cccc2c(N)c(C(=O)Nc3ccccc3Br)sc12. The van der Waals surface area contributed by atoms with Crippen molar-refractivity contribution >= 4 is 54.6 Å². The standard InChI is InChI=1S/C16H13BrN2OS/c1-9-5-4-6-10-13(18)15(21-14(9)10)16(20)19-12-8-3-2-7-11(12)17/h2-8H,18H2,1H3,(H,19,20). The van der Waals surface area contributed by atoms with Gasteiger partial charge in [-0.3, -0.25) is 4.79 Å². The van der Waals surface area contributed by atoms with Gasteiger partial charge in [0.1, 0.15) is 4.88 Å². The summed E-state index contributed by atoms with van der Waals surface area (Å²) in [4.78, 5) is 13.0. The van der Waals surface area contributed by atoms with E-state index in [2.05, 4.69) is 21.2 Å². The molecule has 3 rings (SSSR count). The number of nitrogens with two attached hydrogens (primary N) is 1. The Hall–Kier alpha value is -1.85. The van der Waals surface area contributed by atoms with E-state index in [-0.39, 0.29) is 5.91 Å². The lowest BCUT2D eigenvalue weighted by atomic mass is 10.1. The number of fused-ring (bicyclic) bond motifs is 1. The zero-order valence-corrected chi connectivity index (χ0v) is 13.7. The number of para-hydroxylation sites is 1. The summed E-state index contributed by atoms with van der Waals surface area (Å²) < 4.78 is 1.90. The van der Waals surface area contributed by atoms with Crippen molar-refractivity contribution in [2.75, 3.05) is 11.1 Å². The van der Waals surface area contributed by atoms with Gasteiger partial charge < -0.3 is 11.1 Å². The van der Waals surface area contributed by atoms with E-state index in [9.17, 15) is 4.79 Å². The van der Waals surface area contributed by atoms with Crippen LogP contribution < -0.4 is 11.1 Å². The quantitative estimate of drug-likeness (QED) is 0.688. The number of thiophene rings is 1. The Morgan fingerprint density at radius 3 is 2.67 bits per heavy atom. The van der Waals surface area contributed by atoms with E-state index < -0.39 is 0 Å². The third-order valence-corrected chi connectivity index (χ3v) is 5.33. The first-order valence-corrected chi connectivity index (χ1v) is 8.02. The molecule has 5 heteroatoms. The molecular formula is C16H13BrN2OS. The van der Waals surface area contributed by atoms with Gasteiger partial charge in [0, 0.05) is 14.6 Å². The Bertz CT molecular complexity index is 841. The number of aryl methyl sites for hydroxylation is 1. The van der Waals surface area contributed by atoms with Crippen LogP contribution in [0.4, 0.5) is 11.4 Å². The number of nitrogen functional groups attached to an aromatic ring is 1. The van der Waals surface area contributed by atoms with Gasteiger partial charge in [0.05, 0.1) is 11.4 Å². The minimum absolute atomic E-state index is 0.181. The molecule has 0 unspecified atom stereocenters. The van der Waals surface area contributed by atoms with Crippen molar-refractivity contribution in [3.8, 4) is 0 Å². The van der Waals surface area contributed by atoms with Gasteiger partial charge in [-0.25, -0.2) is 0 Å². The number of benzene rings is 2. The third-order valence-electron chi connectivity index (χ3n) is 3.28. The van der Waals surface area contributed by atoms with Crippen LogP contribution >= 0.6 is 27.3 Å². The third kappa shape index (κ3) is 2.54. The highest BCUT2D eigenvalue weighted by Crippen LogP contribution is 2.36. The van der Waals surface area contributed by atoms with Gasteiger partial charge in [-0.1, -0.05) is 30.3 Å². The van der Waals surface area contributed by atoms with Gasteiger partial charge in [-0.05, 0) is 40.5 Å². The van der Waals surface area contributed by atoms with E-state index in [4.69, 9.17) is 5.73 Å². The summed E-state index contributed by atoms with van der Waals surface area (Å²) in [6.45, 7) is 2.02. The number of amides is 1. The summed E-state index contributed by atoms with van der Waals surface area (Å²) in [5, 5.41) is 3.83. The molecule has 3 N–H and O–H groups in total. The van der Waals surface area contributed by atoms with E-state index in [1.165, 1.54) is 11.3 Å². The molecule has 0 radical (unpaired) electrons. The molecule has 0 spiro atoms. The molecule has 0 bridgehead atoms. The summed E-state index contributed by atoms with van der Waals surface area (Å²) in [6.07, 6.45) is 0. The number of carbonyl (C=O) groups is 1. The van der Waals surface area contributed by atoms with Crippen LogP contribution in [0.3, 0.4) is 0 Å². The number of hydrogen-bond acceptors (Lipinski definition) is 3. The van der Waals surface area contributed by atoms with Crippen LogP contribution in [0.5, 0.6) is 0 Å². The molecule has 0 fully saturated rings. The van der Waals surface area contributed by atoms with Gasteiger partial charge in [0.25, 0.3) is 5.91 Å². The van der Waals surface area contributed by atoms with E-state index >= 15 is 0 Å². The van der Waals surface area contributed by atoms with Crippen molar-refractivity contribution in [1.82, 2.24) is 0 Å². The molecule has 0 saturated heterocycles. The maximum Gasteiger partial charge on any atom is 0.267 e. The Morgan fingerprint density at radius 2 is 1.95 bits per heavy atom. The van der Waals surface area contributed by atoms with Crippen molar-refractivity contribution in [2.45, 2.75) is 6.92 Å². The predicted molar refractivity (Wildman–Crippen MR) is 93.1 cm³/mol. The number of halogens is 1. The van der Waals surface area contributed by atoms with Crippen LogP contribution in [-0.2, 0) is 0 Å². The second-order valence-electron chi connectivity index (χ2n) is 4.73. The van der Waals surface area contributed by atoms with E-state index in [0.717, 1.165) is 25.8 Å². The Kier molecular flexibility index (Phi) is 3.69. The van der Waals surface area contributed by atoms with E-state index in [1.807, 2.05) is 49.4 Å². The van der Waals surface area contributed by atoms with Crippen LogP contribution in [-0.4, -0.2) is 5.91 Å². The lowest BCUT2D eigenvalue weighted by Crippen LogP contribution is -2.12. The zero-order valence-electron chi connectivity index (χ0n) is 11.3. The molecule has 1 amide bonds. The molecule has 106 valence electrons. The first kappa shape index (κ1) is 14.1. The largest absolute Gasteiger partial charge is 0.397 e. The molecule has 2 aromatic carbocycles. The minimum atomic E-state index is -0.181. The molecule has 21 heavy (non-hydrogen) atoms. The average molecular weight is 361 g/mol. The molecule has 0 aliphatic carbocycles. The topological polar surface area (TPSA) is 55.1 Å². The lowest BCUT2D eigenvalue weighted by Gasteiger charge is -2.06. The van der Waals surface area contributed by atoms with Gasteiger partial charge in [0.2, 0.25) is 0 Å². The Morgan fingerprint density at radius 1 is 1.19 bits per heavy atom. The highest BCUT2D eigenvalue weighted by molar-refractivity contribution is 9.10. The normalized spacial score (nSPS) is 10.8. The molecule has 1 aromatic heterocycles. The number of nitrogens with one attached hydrogen (secondary N) is 1. The number of carbonyl (C=O) groups excluding carboxylic acids is 1. The number of rotatable bonds is 2. The van der Waals surface area contributed by atoms with Crippen molar-refractivity contribution < 1.29 is 4.79 Å². The molecule has 1 heterocycles. The minimum Gasteiger partial charge on any atom is -0.397 e. The smallest absolute Gasteiger partial charge is 0.267 e. The fourth-order valence-electron chi connectivity index (χ4n) is 2.19. The molecule has 0 aliphatic rings. The highest BCUT2D eigenvalue weighted by atomic mass is 79.9. The molecular weight excluding hydrogens is 348 g/mol. The number of anilines is 2. The summed E-state index contributed by atoms with van der Waals surface area (Å²) >= 11 is 4.85.